The van der Waals surface area contributed by atoms with Crippen LogP contribution in [0.3, 0.4) is 0 Å². The molecule has 2 atom stereocenters. The predicted molar refractivity (Wildman–Crippen MR) is 177 cm³/mol. The van der Waals surface area contributed by atoms with Crippen LogP contribution in [0.15, 0.2) is 127 Å². The van der Waals surface area contributed by atoms with Gasteiger partial charge in [-0.25, -0.2) is 0 Å². The molecule has 4 aromatic carbocycles. The summed E-state index contributed by atoms with van der Waals surface area (Å²) in [6.07, 6.45) is 16.1. The number of hydrogen-bond acceptors (Lipinski definition) is 0. The van der Waals surface area contributed by atoms with Gasteiger partial charge >= 0.3 is 0 Å². The second-order valence-electron chi connectivity index (χ2n) is 12.3. The average Bonchev–Trinajstić information content (AvgIpc) is 3.35. The normalized spacial score (nSPS) is 20.5. The highest BCUT2D eigenvalue weighted by atomic mass is 15.0. The molecule has 204 valence electrons. The van der Waals surface area contributed by atoms with Crippen molar-refractivity contribution in [1.29, 1.82) is 0 Å². The highest BCUT2D eigenvalue weighted by Crippen LogP contribution is 2.57. The molecule has 0 saturated carbocycles. The van der Waals surface area contributed by atoms with Gasteiger partial charge in [0.2, 0.25) is 0 Å². The highest BCUT2D eigenvalue weighted by Gasteiger charge is 2.44. The molecule has 1 nitrogen and oxygen atoms in total. The molecular weight excluding hydrogens is 506 g/mol. The lowest BCUT2D eigenvalue weighted by atomic mass is 9.57. The third-order valence-electron chi connectivity index (χ3n) is 9.86. The number of allylic oxidation sites excluding steroid dienone is 6. The van der Waals surface area contributed by atoms with Crippen molar-refractivity contribution in [3.8, 4) is 5.69 Å². The van der Waals surface area contributed by atoms with Crippen LogP contribution in [0, 0.1) is 19.3 Å². The van der Waals surface area contributed by atoms with Gasteiger partial charge in [0.05, 0.1) is 5.52 Å². The van der Waals surface area contributed by atoms with E-state index in [-0.39, 0.29) is 11.3 Å². The van der Waals surface area contributed by atoms with Crippen molar-refractivity contribution in [2.75, 3.05) is 0 Å². The summed E-state index contributed by atoms with van der Waals surface area (Å²) in [7, 11) is 0. The Morgan fingerprint density at radius 3 is 2.43 bits per heavy atom. The Hall–Kier alpha value is -4.62. The molecular formula is C41H35N. The Bertz CT molecular complexity index is 2010. The van der Waals surface area contributed by atoms with Crippen LogP contribution in [0.1, 0.15) is 63.9 Å². The first-order valence-electron chi connectivity index (χ1n) is 15.2. The van der Waals surface area contributed by atoms with Crippen LogP contribution in [0.5, 0.6) is 0 Å². The largest absolute Gasteiger partial charge is 0.309 e. The van der Waals surface area contributed by atoms with E-state index in [2.05, 4.69) is 153 Å². The fraction of sp³-hybridized carbons (Fsp3) is 0.171. The summed E-state index contributed by atoms with van der Waals surface area (Å²) >= 11 is 0. The second kappa shape index (κ2) is 9.46. The van der Waals surface area contributed by atoms with Gasteiger partial charge in [-0.2, -0.15) is 0 Å². The van der Waals surface area contributed by atoms with E-state index in [0.717, 1.165) is 12.8 Å². The van der Waals surface area contributed by atoms with E-state index >= 15 is 0 Å². The van der Waals surface area contributed by atoms with E-state index < -0.39 is 0 Å². The van der Waals surface area contributed by atoms with E-state index in [0.29, 0.717) is 0 Å². The smallest absolute Gasteiger partial charge is 0.0537 e. The lowest BCUT2D eigenvalue weighted by Crippen LogP contribution is -2.33. The minimum Gasteiger partial charge on any atom is -0.309 e. The number of aromatic nitrogens is 1. The molecule has 0 spiro atoms. The molecule has 3 aliphatic rings. The number of aryl methyl sites for hydroxylation is 3. The van der Waals surface area contributed by atoms with Gasteiger partial charge in [-0.1, -0.05) is 116 Å². The van der Waals surface area contributed by atoms with Gasteiger partial charge in [-0.3, -0.25) is 0 Å². The number of benzene rings is 4. The Balaban J connectivity index is 1.36. The van der Waals surface area contributed by atoms with Crippen LogP contribution in [-0.4, -0.2) is 4.57 Å². The fourth-order valence-electron chi connectivity index (χ4n) is 7.95. The summed E-state index contributed by atoms with van der Waals surface area (Å²) in [6, 6.07) is 33.9. The standard InChI is InChI=1S/C41H35N/c1-27-26-38(42-36-22-11-9-17-30(36)31-18-10-12-23-37(31)42)28(2)25-34(27)40-33-20-8-7-19-32(33)39(29-15-5-4-6-16-29)35-21-13-14-24-41(35,40)3/h4-9,11-17,19-26,40H,10,18H2,1-3H3. The van der Waals surface area contributed by atoms with Crippen molar-refractivity contribution < 1.29 is 0 Å². The van der Waals surface area contributed by atoms with Crippen molar-refractivity contribution in [2.45, 2.75) is 39.5 Å². The average molecular weight is 542 g/mol. The molecule has 42 heavy (non-hydrogen) atoms. The third kappa shape index (κ3) is 3.56. The summed E-state index contributed by atoms with van der Waals surface area (Å²) in [5, 5.41) is 1.38. The van der Waals surface area contributed by atoms with Gasteiger partial charge in [-0.15, -0.1) is 0 Å². The molecule has 0 fully saturated rings. The topological polar surface area (TPSA) is 4.93 Å². The lowest BCUT2D eigenvalue weighted by Gasteiger charge is -2.45. The molecule has 1 heterocycles. The zero-order chi connectivity index (χ0) is 28.4. The number of hydrogen-bond donors (Lipinski definition) is 0. The molecule has 0 saturated heterocycles. The molecule has 2 unspecified atom stereocenters. The van der Waals surface area contributed by atoms with Gasteiger partial charge in [0.15, 0.2) is 0 Å². The minimum absolute atomic E-state index is 0.172. The van der Waals surface area contributed by atoms with Crippen molar-refractivity contribution in [2.24, 2.45) is 5.41 Å². The molecule has 3 aliphatic carbocycles. The molecule has 8 rings (SSSR count). The quantitative estimate of drug-likeness (QED) is 0.214. The third-order valence-corrected chi connectivity index (χ3v) is 9.86. The van der Waals surface area contributed by atoms with Gasteiger partial charge in [0.25, 0.3) is 0 Å². The molecule has 0 bridgehead atoms. The lowest BCUT2D eigenvalue weighted by molar-refractivity contribution is 0.447. The monoisotopic (exact) mass is 541 g/mol. The van der Waals surface area contributed by atoms with Crippen molar-refractivity contribution in [1.82, 2.24) is 4.57 Å². The summed E-state index contributed by atoms with van der Waals surface area (Å²) in [5.74, 6) is 0.209. The van der Waals surface area contributed by atoms with Crippen LogP contribution >= 0.6 is 0 Å². The van der Waals surface area contributed by atoms with Crippen molar-refractivity contribution >= 4 is 22.6 Å². The van der Waals surface area contributed by atoms with Gasteiger partial charge in [0.1, 0.15) is 0 Å². The summed E-state index contributed by atoms with van der Waals surface area (Å²) in [6.45, 7) is 7.05. The van der Waals surface area contributed by atoms with Crippen LogP contribution in [0.4, 0.5) is 0 Å². The van der Waals surface area contributed by atoms with Gasteiger partial charge in [0, 0.05) is 28.1 Å². The summed E-state index contributed by atoms with van der Waals surface area (Å²) in [5.41, 5.74) is 16.1. The predicted octanol–water partition coefficient (Wildman–Crippen LogP) is 10.3. The Kier molecular flexibility index (Phi) is 5.66. The maximum atomic E-state index is 2.51. The molecule has 5 aromatic rings. The van der Waals surface area contributed by atoms with Gasteiger partial charge < -0.3 is 4.57 Å². The Morgan fingerprint density at radius 2 is 1.55 bits per heavy atom. The van der Waals surface area contributed by atoms with Crippen LogP contribution in [0.25, 0.3) is 28.2 Å². The molecule has 1 aromatic heterocycles. The number of nitrogens with zero attached hydrogens (tertiary/aromatic N) is 1. The van der Waals surface area contributed by atoms with E-state index in [1.807, 2.05) is 0 Å². The molecule has 1 heteroatoms. The first-order chi connectivity index (χ1) is 20.6. The zero-order valence-corrected chi connectivity index (χ0v) is 24.6. The first-order valence-corrected chi connectivity index (χ1v) is 15.2. The summed E-state index contributed by atoms with van der Waals surface area (Å²) in [4.78, 5) is 0. The van der Waals surface area contributed by atoms with Crippen LogP contribution < -0.4 is 0 Å². The Labute approximate surface area is 248 Å². The highest BCUT2D eigenvalue weighted by molar-refractivity contribution is 5.92. The number of fused-ring (bicyclic) bond motifs is 5. The van der Waals surface area contributed by atoms with Crippen LogP contribution in [-0.2, 0) is 6.42 Å². The van der Waals surface area contributed by atoms with E-state index in [1.54, 1.807) is 0 Å². The van der Waals surface area contributed by atoms with E-state index in [1.165, 1.54) is 72.4 Å². The molecule has 0 aliphatic heterocycles. The number of rotatable bonds is 3. The maximum absolute atomic E-state index is 2.51. The zero-order valence-electron chi connectivity index (χ0n) is 24.6. The molecule has 0 radical (unpaired) electrons. The van der Waals surface area contributed by atoms with Gasteiger partial charge in [-0.05, 0) is 95.0 Å². The van der Waals surface area contributed by atoms with E-state index in [9.17, 15) is 0 Å². The van der Waals surface area contributed by atoms with Crippen molar-refractivity contribution in [3.63, 3.8) is 0 Å². The van der Waals surface area contributed by atoms with Crippen molar-refractivity contribution in [3.05, 3.63) is 172 Å². The van der Waals surface area contributed by atoms with Crippen LogP contribution in [0.2, 0.25) is 0 Å². The molecule has 0 amide bonds. The second-order valence-corrected chi connectivity index (χ2v) is 12.3. The number of para-hydroxylation sites is 1. The maximum Gasteiger partial charge on any atom is 0.0537 e. The SMILES string of the molecule is Cc1cc(-n2c3c(c4ccccc42)CCC=C3)c(C)cc1C1c2ccccc2C(c2ccccc2)=C2C=CC=CC21C. The van der Waals surface area contributed by atoms with E-state index in [4.69, 9.17) is 0 Å². The molecule has 0 N–H and O–H groups in total. The summed E-state index contributed by atoms with van der Waals surface area (Å²) < 4.78 is 2.51. The fourth-order valence-corrected chi connectivity index (χ4v) is 7.95. The first kappa shape index (κ1) is 25.1. The Morgan fingerprint density at radius 1 is 0.762 bits per heavy atom. The minimum atomic E-state index is -0.172.